The van der Waals surface area contributed by atoms with Crippen molar-refractivity contribution in [3.8, 4) is 11.3 Å². The minimum atomic E-state index is -0.532. The quantitative estimate of drug-likeness (QED) is 0.776. The summed E-state index contributed by atoms with van der Waals surface area (Å²) in [6, 6.07) is 0. The highest BCUT2D eigenvalue weighted by Gasteiger charge is 2.16. The minimum Gasteiger partial charge on any atom is -0.380 e. The van der Waals surface area contributed by atoms with Crippen molar-refractivity contribution in [2.45, 2.75) is 0 Å². The summed E-state index contributed by atoms with van der Waals surface area (Å²) in [7, 11) is 1.78. The minimum absolute atomic E-state index is 0.125. The molecule has 0 aliphatic heterocycles. The standard InChI is InChI=1S/C7H7FIN5/c1-14-6(9)3(2-11-14)5-4(8)7(10)13-12-5/h2H,1H3,(H3,10,12,13). The Morgan fingerprint density at radius 3 is 2.79 bits per heavy atom. The molecule has 5 nitrogen and oxygen atoms in total. The zero-order chi connectivity index (χ0) is 10.3. The van der Waals surface area contributed by atoms with Gasteiger partial charge in [0.1, 0.15) is 9.39 Å². The van der Waals surface area contributed by atoms with E-state index in [1.807, 2.05) is 0 Å². The third-order valence-corrected chi connectivity index (χ3v) is 3.15. The van der Waals surface area contributed by atoms with Gasteiger partial charge in [-0.2, -0.15) is 10.2 Å². The normalized spacial score (nSPS) is 10.8. The molecular formula is C7H7FIN5. The number of hydrogen-bond acceptors (Lipinski definition) is 3. The summed E-state index contributed by atoms with van der Waals surface area (Å²) in [6.07, 6.45) is 1.57. The second-order valence-corrected chi connectivity index (χ2v) is 3.79. The van der Waals surface area contributed by atoms with Crippen molar-refractivity contribution in [2.24, 2.45) is 7.05 Å². The van der Waals surface area contributed by atoms with Crippen molar-refractivity contribution in [1.82, 2.24) is 20.0 Å². The first-order valence-electron chi connectivity index (χ1n) is 3.78. The molecule has 0 fully saturated rings. The molecule has 0 bridgehead atoms. The number of halogens is 2. The second kappa shape index (κ2) is 3.23. The Kier molecular flexibility index (Phi) is 2.17. The van der Waals surface area contributed by atoms with Crippen LogP contribution in [0.15, 0.2) is 6.20 Å². The molecule has 0 spiro atoms. The molecule has 2 rings (SSSR count). The van der Waals surface area contributed by atoms with Crippen LogP contribution >= 0.6 is 22.6 Å². The molecule has 7 heteroatoms. The lowest BCUT2D eigenvalue weighted by atomic mass is 10.2. The average molecular weight is 307 g/mol. The smallest absolute Gasteiger partial charge is 0.192 e. The highest BCUT2D eigenvalue weighted by atomic mass is 127. The van der Waals surface area contributed by atoms with E-state index in [9.17, 15) is 4.39 Å². The molecular weight excluding hydrogens is 300 g/mol. The topological polar surface area (TPSA) is 72.5 Å². The van der Waals surface area contributed by atoms with Gasteiger partial charge >= 0.3 is 0 Å². The van der Waals surface area contributed by atoms with Gasteiger partial charge in [0, 0.05) is 7.05 Å². The first-order chi connectivity index (χ1) is 6.61. The number of aromatic amines is 1. The van der Waals surface area contributed by atoms with Crippen LogP contribution in [0.2, 0.25) is 0 Å². The maximum atomic E-state index is 13.4. The maximum absolute atomic E-state index is 13.4. The number of nitrogens with zero attached hydrogens (tertiary/aromatic N) is 3. The summed E-state index contributed by atoms with van der Waals surface area (Å²) in [5.74, 6) is -0.657. The van der Waals surface area contributed by atoms with Crippen LogP contribution in [0.25, 0.3) is 11.3 Å². The van der Waals surface area contributed by atoms with Gasteiger partial charge in [-0.15, -0.1) is 0 Å². The number of nitrogens with one attached hydrogen (secondary N) is 1. The fraction of sp³-hybridized carbons (Fsp3) is 0.143. The summed E-state index contributed by atoms with van der Waals surface area (Å²) in [4.78, 5) is 0. The summed E-state index contributed by atoms with van der Waals surface area (Å²) < 4.78 is 15.8. The number of nitrogen functional groups attached to an aromatic ring is 1. The molecule has 0 aromatic carbocycles. The highest BCUT2D eigenvalue weighted by molar-refractivity contribution is 14.1. The Morgan fingerprint density at radius 1 is 1.64 bits per heavy atom. The number of nitrogens with two attached hydrogens (primary N) is 1. The van der Waals surface area contributed by atoms with E-state index < -0.39 is 5.82 Å². The number of H-pyrrole nitrogens is 1. The van der Waals surface area contributed by atoms with E-state index in [4.69, 9.17) is 5.73 Å². The highest BCUT2D eigenvalue weighted by Crippen LogP contribution is 2.26. The van der Waals surface area contributed by atoms with Crippen molar-refractivity contribution < 1.29 is 4.39 Å². The Labute approximate surface area is 92.6 Å². The predicted octanol–water partition coefficient (Wildman–Crippen LogP) is 1.14. The van der Waals surface area contributed by atoms with Gasteiger partial charge in [0.05, 0.1) is 11.8 Å². The van der Waals surface area contributed by atoms with Gasteiger partial charge in [0.15, 0.2) is 11.6 Å². The zero-order valence-corrected chi connectivity index (χ0v) is 9.41. The molecule has 0 saturated heterocycles. The van der Waals surface area contributed by atoms with E-state index in [0.29, 0.717) is 5.56 Å². The van der Waals surface area contributed by atoms with Crippen molar-refractivity contribution in [2.75, 3.05) is 5.73 Å². The molecule has 2 aromatic rings. The predicted molar refractivity (Wildman–Crippen MR) is 57.9 cm³/mol. The lowest BCUT2D eigenvalue weighted by Gasteiger charge is -1.95. The SMILES string of the molecule is Cn1ncc(-c2[nH]nc(N)c2F)c1I. The van der Waals surface area contributed by atoms with E-state index in [1.165, 1.54) is 0 Å². The van der Waals surface area contributed by atoms with Gasteiger partial charge in [-0.25, -0.2) is 4.39 Å². The van der Waals surface area contributed by atoms with Gasteiger partial charge in [0.2, 0.25) is 0 Å². The van der Waals surface area contributed by atoms with E-state index in [1.54, 1.807) is 17.9 Å². The van der Waals surface area contributed by atoms with Gasteiger partial charge in [-0.05, 0) is 22.6 Å². The lowest BCUT2D eigenvalue weighted by Crippen LogP contribution is -1.93. The molecule has 0 radical (unpaired) electrons. The molecule has 14 heavy (non-hydrogen) atoms. The van der Waals surface area contributed by atoms with Gasteiger partial charge in [-0.3, -0.25) is 9.78 Å². The number of aromatic nitrogens is 4. The van der Waals surface area contributed by atoms with Gasteiger partial charge in [-0.1, -0.05) is 0 Å². The molecule has 0 saturated carbocycles. The zero-order valence-electron chi connectivity index (χ0n) is 7.25. The molecule has 0 unspecified atom stereocenters. The van der Waals surface area contributed by atoms with Crippen LogP contribution in [0.3, 0.4) is 0 Å². The first kappa shape index (κ1) is 9.44. The molecule has 0 aliphatic rings. The lowest BCUT2D eigenvalue weighted by molar-refractivity contribution is 0.636. The summed E-state index contributed by atoms with van der Waals surface area (Å²) >= 11 is 2.07. The van der Waals surface area contributed by atoms with Crippen molar-refractivity contribution in [3.63, 3.8) is 0 Å². The molecule has 74 valence electrons. The Bertz CT molecular complexity index is 430. The number of anilines is 1. The van der Waals surface area contributed by atoms with E-state index in [-0.39, 0.29) is 11.5 Å². The van der Waals surface area contributed by atoms with E-state index in [0.717, 1.165) is 3.70 Å². The fourth-order valence-electron chi connectivity index (χ4n) is 1.11. The Morgan fingerprint density at radius 2 is 2.36 bits per heavy atom. The number of aryl methyl sites for hydroxylation is 1. The number of rotatable bonds is 1. The van der Waals surface area contributed by atoms with Gasteiger partial charge < -0.3 is 5.73 Å². The van der Waals surface area contributed by atoms with Crippen molar-refractivity contribution in [1.29, 1.82) is 0 Å². The van der Waals surface area contributed by atoms with Crippen LogP contribution in [-0.4, -0.2) is 20.0 Å². The molecule has 0 amide bonds. The maximum Gasteiger partial charge on any atom is 0.192 e. The van der Waals surface area contributed by atoms with Crippen LogP contribution in [0.1, 0.15) is 0 Å². The number of hydrogen-bond donors (Lipinski definition) is 2. The summed E-state index contributed by atoms with van der Waals surface area (Å²) in [5.41, 5.74) is 6.23. The largest absolute Gasteiger partial charge is 0.380 e. The third-order valence-electron chi connectivity index (χ3n) is 1.87. The van der Waals surface area contributed by atoms with E-state index >= 15 is 0 Å². The molecule has 2 aromatic heterocycles. The van der Waals surface area contributed by atoms with Crippen LogP contribution in [0.4, 0.5) is 10.2 Å². The summed E-state index contributed by atoms with van der Waals surface area (Å²) in [6.45, 7) is 0. The molecule has 2 heterocycles. The van der Waals surface area contributed by atoms with Gasteiger partial charge in [0.25, 0.3) is 0 Å². The van der Waals surface area contributed by atoms with Crippen LogP contribution < -0.4 is 5.73 Å². The van der Waals surface area contributed by atoms with Crippen LogP contribution in [-0.2, 0) is 7.05 Å². The van der Waals surface area contributed by atoms with Crippen LogP contribution in [0, 0.1) is 9.52 Å². The van der Waals surface area contributed by atoms with Crippen molar-refractivity contribution >= 4 is 28.4 Å². The van der Waals surface area contributed by atoms with Crippen LogP contribution in [0.5, 0.6) is 0 Å². The summed E-state index contributed by atoms with van der Waals surface area (Å²) in [5, 5.41) is 10.1. The molecule has 3 N–H and O–H groups in total. The average Bonchev–Trinajstić information content (AvgIpc) is 2.63. The molecule has 0 atom stereocenters. The fourth-order valence-corrected chi connectivity index (χ4v) is 1.64. The Balaban J connectivity index is 2.60. The second-order valence-electron chi connectivity index (χ2n) is 2.77. The van der Waals surface area contributed by atoms with Crippen molar-refractivity contribution in [3.05, 3.63) is 15.7 Å². The Hall–Kier alpha value is -1.12. The first-order valence-corrected chi connectivity index (χ1v) is 4.86. The molecule has 0 aliphatic carbocycles. The monoisotopic (exact) mass is 307 g/mol. The third kappa shape index (κ3) is 1.27. The van der Waals surface area contributed by atoms with E-state index in [2.05, 4.69) is 37.9 Å².